The Morgan fingerprint density at radius 2 is 1.90 bits per heavy atom. The molecule has 1 aromatic heterocycles. The van der Waals surface area contributed by atoms with Crippen molar-refractivity contribution in [1.82, 2.24) is 15.3 Å². The van der Waals surface area contributed by atoms with E-state index in [1.807, 2.05) is 37.2 Å². The van der Waals surface area contributed by atoms with Gasteiger partial charge in [0.15, 0.2) is 0 Å². The van der Waals surface area contributed by atoms with E-state index in [1.54, 1.807) is 0 Å². The zero-order valence-corrected chi connectivity index (χ0v) is 18.9. The van der Waals surface area contributed by atoms with E-state index in [4.69, 9.17) is 9.97 Å². The number of carbonyl (C=O) groups excluding carboxylic acids is 1. The first-order chi connectivity index (χ1) is 15.1. The Labute approximate surface area is 185 Å². The van der Waals surface area contributed by atoms with E-state index in [2.05, 4.69) is 22.8 Å². The Kier molecular flexibility index (Phi) is 7.05. The van der Waals surface area contributed by atoms with Gasteiger partial charge < -0.3 is 15.5 Å². The maximum absolute atomic E-state index is 12.3. The van der Waals surface area contributed by atoms with Gasteiger partial charge >= 0.3 is 0 Å². The Morgan fingerprint density at radius 3 is 2.65 bits per heavy atom. The minimum absolute atomic E-state index is 0.189. The molecule has 1 saturated carbocycles. The summed E-state index contributed by atoms with van der Waals surface area (Å²) in [6.45, 7) is 0.802. The molecule has 6 nitrogen and oxygen atoms in total. The molecule has 0 saturated heterocycles. The lowest BCUT2D eigenvalue weighted by atomic mass is 9.86. The molecule has 1 aromatic carbocycles. The molecule has 1 heterocycles. The standard InChI is InChI=1S/C25H35N5O/c1-30(2)24-21-10-6-7-11-22(21)28-25(29-24)27-20-14-12-19(13-15-20)17-26-23(31)16-18-8-4-3-5-9-18/h6-8,10-11,19-20H,3-5,9,12-17H2,1-2H3,(H,26,31)(H,27,28,29)/t19-,20+. The number of nitrogens with zero attached hydrogens (tertiary/aromatic N) is 3. The van der Waals surface area contributed by atoms with E-state index >= 15 is 0 Å². The van der Waals surface area contributed by atoms with Crippen molar-refractivity contribution in [3.05, 3.63) is 35.9 Å². The number of amides is 1. The molecule has 166 valence electrons. The van der Waals surface area contributed by atoms with Gasteiger partial charge in [0.05, 0.1) is 5.52 Å². The average molecular weight is 422 g/mol. The van der Waals surface area contributed by atoms with Crippen LogP contribution in [0.15, 0.2) is 35.9 Å². The fourth-order valence-corrected chi connectivity index (χ4v) is 4.75. The molecule has 0 atom stereocenters. The van der Waals surface area contributed by atoms with Gasteiger partial charge in [-0.25, -0.2) is 4.98 Å². The molecule has 6 heteroatoms. The highest BCUT2D eigenvalue weighted by Crippen LogP contribution is 2.28. The maximum atomic E-state index is 12.3. The van der Waals surface area contributed by atoms with Gasteiger partial charge in [-0.1, -0.05) is 23.8 Å². The highest BCUT2D eigenvalue weighted by molar-refractivity contribution is 5.90. The zero-order valence-electron chi connectivity index (χ0n) is 18.9. The number of hydrogen-bond acceptors (Lipinski definition) is 5. The van der Waals surface area contributed by atoms with E-state index < -0.39 is 0 Å². The van der Waals surface area contributed by atoms with Crippen LogP contribution in [0.4, 0.5) is 11.8 Å². The lowest BCUT2D eigenvalue weighted by Crippen LogP contribution is -2.34. The monoisotopic (exact) mass is 421 g/mol. The second kappa shape index (κ2) is 10.1. The summed E-state index contributed by atoms with van der Waals surface area (Å²) in [7, 11) is 4.03. The summed E-state index contributed by atoms with van der Waals surface area (Å²) in [6, 6.07) is 8.54. The molecule has 2 aliphatic carbocycles. The fourth-order valence-electron chi connectivity index (χ4n) is 4.75. The number of benzene rings is 1. The minimum Gasteiger partial charge on any atom is -0.362 e. The molecular formula is C25H35N5O. The van der Waals surface area contributed by atoms with Crippen LogP contribution in [-0.4, -0.2) is 42.6 Å². The lowest BCUT2D eigenvalue weighted by molar-refractivity contribution is -0.120. The summed E-state index contributed by atoms with van der Waals surface area (Å²) < 4.78 is 0. The average Bonchev–Trinajstić information content (AvgIpc) is 2.78. The Hall–Kier alpha value is -2.63. The van der Waals surface area contributed by atoms with Crippen molar-refractivity contribution < 1.29 is 4.79 Å². The van der Waals surface area contributed by atoms with Crippen LogP contribution in [-0.2, 0) is 4.79 Å². The fraction of sp³-hybridized carbons (Fsp3) is 0.560. The van der Waals surface area contributed by atoms with Crippen molar-refractivity contribution in [2.75, 3.05) is 30.9 Å². The molecular weight excluding hydrogens is 386 g/mol. The molecule has 31 heavy (non-hydrogen) atoms. The highest BCUT2D eigenvalue weighted by atomic mass is 16.1. The Bertz CT molecular complexity index is 931. The number of aromatic nitrogens is 2. The number of allylic oxidation sites excluding steroid dienone is 1. The van der Waals surface area contributed by atoms with Gasteiger partial charge in [-0.05, 0) is 69.4 Å². The molecule has 0 spiro atoms. The van der Waals surface area contributed by atoms with Crippen LogP contribution >= 0.6 is 0 Å². The van der Waals surface area contributed by atoms with Crippen molar-refractivity contribution in [2.45, 2.75) is 63.8 Å². The third-order valence-corrected chi connectivity index (χ3v) is 6.55. The normalized spacial score (nSPS) is 21.4. The molecule has 2 aliphatic rings. The zero-order chi connectivity index (χ0) is 21.6. The van der Waals surface area contributed by atoms with E-state index in [-0.39, 0.29) is 5.91 Å². The molecule has 1 fully saturated rings. The van der Waals surface area contributed by atoms with Crippen molar-refractivity contribution in [3.8, 4) is 0 Å². The van der Waals surface area contributed by atoms with E-state index in [9.17, 15) is 4.79 Å². The summed E-state index contributed by atoms with van der Waals surface area (Å²) in [5.74, 6) is 2.41. The van der Waals surface area contributed by atoms with E-state index in [0.717, 1.165) is 61.8 Å². The van der Waals surface area contributed by atoms with Gasteiger partial charge in [-0.3, -0.25) is 4.79 Å². The number of nitrogens with one attached hydrogen (secondary N) is 2. The largest absolute Gasteiger partial charge is 0.362 e. The summed E-state index contributed by atoms with van der Waals surface area (Å²) in [5, 5.41) is 7.81. The van der Waals surface area contributed by atoms with Crippen LogP contribution in [0.3, 0.4) is 0 Å². The summed E-state index contributed by atoms with van der Waals surface area (Å²) >= 11 is 0. The van der Waals surface area contributed by atoms with Crippen molar-refractivity contribution >= 4 is 28.6 Å². The molecule has 0 aliphatic heterocycles. The molecule has 2 aromatic rings. The van der Waals surface area contributed by atoms with E-state index in [1.165, 1.54) is 18.4 Å². The second-order valence-corrected chi connectivity index (χ2v) is 9.23. The number of fused-ring (bicyclic) bond motifs is 1. The summed E-state index contributed by atoms with van der Waals surface area (Å²) in [5.41, 5.74) is 2.29. The van der Waals surface area contributed by atoms with Crippen LogP contribution in [0.5, 0.6) is 0 Å². The Balaban J connectivity index is 1.26. The van der Waals surface area contributed by atoms with Crippen molar-refractivity contribution in [2.24, 2.45) is 5.92 Å². The number of rotatable bonds is 7. The molecule has 4 rings (SSSR count). The second-order valence-electron chi connectivity index (χ2n) is 9.23. The number of para-hydroxylation sites is 1. The third-order valence-electron chi connectivity index (χ3n) is 6.55. The molecule has 0 bridgehead atoms. The van der Waals surface area contributed by atoms with Gasteiger partial charge in [-0.2, -0.15) is 4.98 Å². The van der Waals surface area contributed by atoms with Crippen LogP contribution < -0.4 is 15.5 Å². The minimum atomic E-state index is 0.189. The van der Waals surface area contributed by atoms with E-state index in [0.29, 0.717) is 24.3 Å². The maximum Gasteiger partial charge on any atom is 0.225 e. The topological polar surface area (TPSA) is 70.2 Å². The number of carbonyl (C=O) groups is 1. The molecule has 0 radical (unpaired) electrons. The predicted octanol–water partition coefficient (Wildman–Crippen LogP) is 4.67. The highest BCUT2D eigenvalue weighted by Gasteiger charge is 2.23. The van der Waals surface area contributed by atoms with Crippen LogP contribution in [0.2, 0.25) is 0 Å². The molecule has 1 amide bonds. The van der Waals surface area contributed by atoms with Crippen molar-refractivity contribution in [1.29, 1.82) is 0 Å². The number of hydrogen-bond donors (Lipinski definition) is 2. The SMILES string of the molecule is CN(C)c1nc(N[C@H]2CC[C@@H](CNC(=O)CC3=CCCCC3)CC2)nc2ccccc12. The van der Waals surface area contributed by atoms with Gasteiger partial charge in [0.25, 0.3) is 0 Å². The Morgan fingerprint density at radius 1 is 1.10 bits per heavy atom. The summed E-state index contributed by atoms with van der Waals surface area (Å²) in [6.07, 6.45) is 12.0. The van der Waals surface area contributed by atoms with Gasteiger partial charge in [0.1, 0.15) is 5.82 Å². The smallest absolute Gasteiger partial charge is 0.225 e. The van der Waals surface area contributed by atoms with Crippen LogP contribution in [0, 0.1) is 5.92 Å². The first-order valence-electron chi connectivity index (χ1n) is 11.7. The first-order valence-corrected chi connectivity index (χ1v) is 11.7. The van der Waals surface area contributed by atoms with Crippen LogP contribution in [0.1, 0.15) is 57.8 Å². The van der Waals surface area contributed by atoms with Crippen molar-refractivity contribution in [3.63, 3.8) is 0 Å². The quantitative estimate of drug-likeness (QED) is 0.636. The first kappa shape index (κ1) is 21.6. The molecule has 0 unspecified atom stereocenters. The van der Waals surface area contributed by atoms with Gasteiger partial charge in [-0.15, -0.1) is 0 Å². The predicted molar refractivity (Wildman–Crippen MR) is 127 cm³/mol. The lowest BCUT2D eigenvalue weighted by Gasteiger charge is -2.29. The van der Waals surface area contributed by atoms with Gasteiger partial charge in [0, 0.05) is 38.5 Å². The summed E-state index contributed by atoms with van der Waals surface area (Å²) in [4.78, 5) is 23.8. The molecule has 2 N–H and O–H groups in total. The number of anilines is 2. The third kappa shape index (κ3) is 5.75. The van der Waals surface area contributed by atoms with Crippen LogP contribution in [0.25, 0.3) is 10.9 Å². The van der Waals surface area contributed by atoms with Gasteiger partial charge in [0.2, 0.25) is 11.9 Å².